The second kappa shape index (κ2) is 6.44. The van der Waals surface area contributed by atoms with E-state index in [1.54, 1.807) is 11.3 Å². The molecule has 1 unspecified atom stereocenters. The highest BCUT2D eigenvalue weighted by molar-refractivity contribution is 9.10. The molecule has 1 aromatic heterocycles. The highest BCUT2D eigenvalue weighted by Crippen LogP contribution is 2.40. The molecule has 1 aliphatic heterocycles. The number of aliphatic hydroxyl groups excluding tert-OH is 1. The number of halogens is 1. The average molecular weight is 360 g/mol. The fraction of sp³-hybridized carbons (Fsp3) is 0.733. The molecule has 0 bridgehead atoms. The molecule has 1 aliphatic carbocycles. The zero-order valence-electron chi connectivity index (χ0n) is 11.7. The van der Waals surface area contributed by atoms with Gasteiger partial charge in [-0.05, 0) is 34.8 Å². The zero-order valence-corrected chi connectivity index (χ0v) is 14.1. The lowest BCUT2D eigenvalue weighted by atomic mass is 9.85. The first kappa shape index (κ1) is 15.0. The van der Waals surface area contributed by atoms with E-state index in [1.807, 2.05) is 0 Å². The maximum Gasteiger partial charge on any atom is 0.0771 e. The molecule has 112 valence electrons. The van der Waals surface area contributed by atoms with Gasteiger partial charge in [-0.25, -0.2) is 0 Å². The summed E-state index contributed by atoms with van der Waals surface area (Å²) in [6, 6.07) is 2.13. The van der Waals surface area contributed by atoms with Crippen molar-refractivity contribution in [2.45, 2.75) is 43.7 Å². The van der Waals surface area contributed by atoms with E-state index in [1.165, 1.54) is 17.7 Å². The van der Waals surface area contributed by atoms with Crippen LogP contribution in [0.15, 0.2) is 15.9 Å². The molecule has 2 heterocycles. The molecule has 2 fully saturated rings. The molecule has 5 heteroatoms. The first-order chi connectivity index (χ1) is 9.71. The SMILES string of the molecule is OC(Cc1cc(Br)cs1)C1(N2CCOCC2)CCCC1. The van der Waals surface area contributed by atoms with Gasteiger partial charge in [0.2, 0.25) is 0 Å². The highest BCUT2D eigenvalue weighted by Gasteiger charge is 2.45. The van der Waals surface area contributed by atoms with Crippen LogP contribution in [0.25, 0.3) is 0 Å². The van der Waals surface area contributed by atoms with Gasteiger partial charge in [0.25, 0.3) is 0 Å². The van der Waals surface area contributed by atoms with Gasteiger partial charge >= 0.3 is 0 Å². The van der Waals surface area contributed by atoms with E-state index in [4.69, 9.17) is 4.74 Å². The van der Waals surface area contributed by atoms with Gasteiger partial charge in [0, 0.05) is 39.8 Å². The quantitative estimate of drug-likeness (QED) is 0.896. The molecule has 0 spiro atoms. The number of morpholine rings is 1. The number of nitrogens with zero attached hydrogens (tertiary/aromatic N) is 1. The largest absolute Gasteiger partial charge is 0.391 e. The van der Waals surface area contributed by atoms with Crippen molar-refractivity contribution in [3.05, 3.63) is 20.8 Å². The Labute approximate surface area is 133 Å². The second-order valence-corrected chi connectivity index (χ2v) is 7.77. The summed E-state index contributed by atoms with van der Waals surface area (Å²) in [4.78, 5) is 3.76. The molecule has 1 saturated carbocycles. The third kappa shape index (κ3) is 2.97. The molecule has 0 aromatic carbocycles. The van der Waals surface area contributed by atoms with E-state index < -0.39 is 0 Å². The van der Waals surface area contributed by atoms with Crippen LogP contribution >= 0.6 is 27.3 Å². The number of ether oxygens (including phenoxy) is 1. The molecule has 3 rings (SSSR count). The van der Waals surface area contributed by atoms with Crippen molar-refractivity contribution in [3.8, 4) is 0 Å². The number of hydrogen-bond donors (Lipinski definition) is 1. The van der Waals surface area contributed by atoms with Crippen LogP contribution in [0.3, 0.4) is 0 Å². The summed E-state index contributed by atoms with van der Waals surface area (Å²) in [6.45, 7) is 3.54. The van der Waals surface area contributed by atoms with Crippen molar-refractivity contribution < 1.29 is 9.84 Å². The van der Waals surface area contributed by atoms with E-state index >= 15 is 0 Å². The summed E-state index contributed by atoms with van der Waals surface area (Å²) in [6.07, 6.45) is 5.23. The van der Waals surface area contributed by atoms with E-state index in [2.05, 4.69) is 32.3 Å². The Kier molecular flexibility index (Phi) is 4.82. The number of aliphatic hydroxyl groups is 1. The number of rotatable bonds is 4. The summed E-state index contributed by atoms with van der Waals surface area (Å²) in [5.74, 6) is 0. The molecule has 1 atom stereocenters. The second-order valence-electron chi connectivity index (χ2n) is 5.86. The maximum absolute atomic E-state index is 10.9. The highest BCUT2D eigenvalue weighted by atomic mass is 79.9. The van der Waals surface area contributed by atoms with E-state index in [-0.39, 0.29) is 11.6 Å². The minimum Gasteiger partial charge on any atom is -0.391 e. The smallest absolute Gasteiger partial charge is 0.0771 e. The first-order valence-electron chi connectivity index (χ1n) is 7.44. The van der Waals surface area contributed by atoms with E-state index in [0.717, 1.165) is 50.0 Å². The minimum atomic E-state index is -0.270. The van der Waals surface area contributed by atoms with Gasteiger partial charge in [-0.1, -0.05) is 12.8 Å². The topological polar surface area (TPSA) is 32.7 Å². The molecule has 0 amide bonds. The lowest BCUT2D eigenvalue weighted by molar-refractivity contribution is -0.0751. The Morgan fingerprint density at radius 2 is 2.05 bits per heavy atom. The van der Waals surface area contributed by atoms with Crippen LogP contribution in [0, 0.1) is 0 Å². The molecule has 1 N–H and O–H groups in total. The summed E-state index contributed by atoms with van der Waals surface area (Å²) in [5.41, 5.74) is -0.0136. The Balaban J connectivity index is 1.75. The van der Waals surface area contributed by atoms with Crippen LogP contribution in [0.2, 0.25) is 0 Å². The van der Waals surface area contributed by atoms with Crippen LogP contribution in [0.4, 0.5) is 0 Å². The standard InChI is InChI=1S/C15H22BrNO2S/c16-12-9-13(20-11-12)10-14(18)15(3-1-2-4-15)17-5-7-19-8-6-17/h9,11,14,18H,1-8,10H2. The molecular weight excluding hydrogens is 338 g/mol. The van der Waals surface area contributed by atoms with Gasteiger partial charge in [0.15, 0.2) is 0 Å². The number of hydrogen-bond acceptors (Lipinski definition) is 4. The van der Waals surface area contributed by atoms with Gasteiger partial charge in [-0.2, -0.15) is 0 Å². The van der Waals surface area contributed by atoms with Crippen molar-refractivity contribution in [1.82, 2.24) is 4.90 Å². The molecule has 20 heavy (non-hydrogen) atoms. The molecule has 3 nitrogen and oxygen atoms in total. The Bertz CT molecular complexity index is 439. The van der Waals surface area contributed by atoms with Crippen LogP contribution < -0.4 is 0 Å². The number of thiophene rings is 1. The fourth-order valence-electron chi connectivity index (χ4n) is 3.70. The van der Waals surface area contributed by atoms with Crippen molar-refractivity contribution in [2.75, 3.05) is 26.3 Å². The van der Waals surface area contributed by atoms with E-state index in [9.17, 15) is 5.11 Å². The van der Waals surface area contributed by atoms with Gasteiger partial charge < -0.3 is 9.84 Å². The maximum atomic E-state index is 10.9. The predicted octanol–water partition coefficient (Wildman–Crippen LogP) is 3.06. The van der Waals surface area contributed by atoms with Crippen LogP contribution in [0.1, 0.15) is 30.6 Å². The minimum absolute atomic E-state index is 0.0136. The molecule has 0 radical (unpaired) electrons. The van der Waals surface area contributed by atoms with Crippen molar-refractivity contribution in [2.24, 2.45) is 0 Å². The van der Waals surface area contributed by atoms with Gasteiger partial charge in [0.05, 0.1) is 19.3 Å². The van der Waals surface area contributed by atoms with Crippen molar-refractivity contribution in [1.29, 1.82) is 0 Å². The average Bonchev–Trinajstić information content (AvgIpc) is 3.10. The zero-order chi connectivity index (χ0) is 14.0. The fourth-order valence-corrected chi connectivity index (χ4v) is 5.19. The third-order valence-corrected chi connectivity index (χ3v) is 6.47. The first-order valence-corrected chi connectivity index (χ1v) is 9.12. The molecule has 1 aromatic rings. The summed E-state index contributed by atoms with van der Waals surface area (Å²) in [5, 5.41) is 13.0. The van der Waals surface area contributed by atoms with Crippen molar-refractivity contribution >= 4 is 27.3 Å². The third-order valence-electron chi connectivity index (χ3n) is 4.75. The normalized spacial score (nSPS) is 24.9. The predicted molar refractivity (Wildman–Crippen MR) is 85.3 cm³/mol. The monoisotopic (exact) mass is 359 g/mol. The molecule has 2 aliphatic rings. The van der Waals surface area contributed by atoms with Gasteiger partial charge in [0.1, 0.15) is 0 Å². The Morgan fingerprint density at radius 3 is 2.65 bits per heavy atom. The van der Waals surface area contributed by atoms with Crippen LogP contribution in [-0.2, 0) is 11.2 Å². The van der Waals surface area contributed by atoms with Crippen molar-refractivity contribution in [3.63, 3.8) is 0 Å². The summed E-state index contributed by atoms with van der Waals surface area (Å²) >= 11 is 5.23. The Morgan fingerprint density at radius 1 is 1.35 bits per heavy atom. The van der Waals surface area contributed by atoms with Crippen LogP contribution in [-0.4, -0.2) is 48.0 Å². The summed E-state index contributed by atoms with van der Waals surface area (Å²) in [7, 11) is 0. The van der Waals surface area contributed by atoms with E-state index in [0.29, 0.717) is 0 Å². The van der Waals surface area contributed by atoms with Gasteiger partial charge in [-0.3, -0.25) is 4.90 Å². The Hall–Kier alpha value is 0.0600. The molecular formula is C15H22BrNO2S. The van der Waals surface area contributed by atoms with Crippen LogP contribution in [0.5, 0.6) is 0 Å². The summed E-state index contributed by atoms with van der Waals surface area (Å²) < 4.78 is 6.60. The van der Waals surface area contributed by atoms with Gasteiger partial charge in [-0.15, -0.1) is 11.3 Å². The molecule has 1 saturated heterocycles. The lowest BCUT2D eigenvalue weighted by Gasteiger charge is -2.46. The lowest BCUT2D eigenvalue weighted by Crippen LogP contribution is -2.58.